The summed E-state index contributed by atoms with van der Waals surface area (Å²) >= 11 is 5.84. The molecular weight excluding hydrogens is 254 g/mol. The molecule has 18 heavy (non-hydrogen) atoms. The van der Waals surface area contributed by atoms with Crippen LogP contribution in [-0.2, 0) is 9.47 Å². The van der Waals surface area contributed by atoms with Crippen LogP contribution in [0.1, 0.15) is 12.0 Å². The second-order valence-electron chi connectivity index (χ2n) is 3.56. The van der Waals surface area contributed by atoms with Gasteiger partial charge < -0.3 is 14.2 Å². The zero-order valence-corrected chi connectivity index (χ0v) is 11.1. The van der Waals surface area contributed by atoms with Crippen molar-refractivity contribution in [3.63, 3.8) is 0 Å². The van der Waals surface area contributed by atoms with E-state index < -0.39 is 0 Å². The molecule has 0 bridgehead atoms. The lowest BCUT2D eigenvalue weighted by Gasteiger charge is -2.08. The molecule has 0 saturated heterocycles. The van der Waals surface area contributed by atoms with Crippen LogP contribution >= 0.6 is 11.6 Å². The summed E-state index contributed by atoms with van der Waals surface area (Å²) in [5, 5.41) is 9.44. The van der Waals surface area contributed by atoms with Gasteiger partial charge in [0.2, 0.25) is 0 Å². The SMILES string of the molecule is COCCCOCCOc1cc(Cl)ccc1C#N. The summed E-state index contributed by atoms with van der Waals surface area (Å²) in [4.78, 5) is 0. The average molecular weight is 270 g/mol. The lowest BCUT2D eigenvalue weighted by atomic mass is 10.2. The first kappa shape index (κ1) is 14.8. The molecule has 0 N–H and O–H groups in total. The molecule has 0 spiro atoms. The first-order valence-corrected chi connectivity index (χ1v) is 6.05. The molecule has 0 aromatic heterocycles. The van der Waals surface area contributed by atoms with Crippen LogP contribution in [0.5, 0.6) is 5.75 Å². The van der Waals surface area contributed by atoms with Crippen LogP contribution in [-0.4, -0.2) is 33.5 Å². The maximum Gasteiger partial charge on any atom is 0.138 e. The Morgan fingerprint density at radius 3 is 2.78 bits per heavy atom. The highest BCUT2D eigenvalue weighted by Gasteiger charge is 2.03. The maximum absolute atomic E-state index is 8.89. The predicted molar refractivity (Wildman–Crippen MR) is 69.0 cm³/mol. The average Bonchev–Trinajstić information content (AvgIpc) is 2.38. The Morgan fingerprint density at radius 1 is 1.22 bits per heavy atom. The lowest BCUT2D eigenvalue weighted by molar-refractivity contribution is 0.0806. The molecule has 1 rings (SSSR count). The van der Waals surface area contributed by atoms with Gasteiger partial charge in [-0.25, -0.2) is 0 Å². The standard InChI is InChI=1S/C13H16ClNO3/c1-16-5-2-6-17-7-8-18-13-9-12(14)4-3-11(13)10-15/h3-4,9H,2,5-8H2,1H3. The molecule has 4 nitrogen and oxygen atoms in total. The van der Waals surface area contributed by atoms with Gasteiger partial charge >= 0.3 is 0 Å². The van der Waals surface area contributed by atoms with Gasteiger partial charge in [-0.05, 0) is 18.6 Å². The largest absolute Gasteiger partial charge is 0.490 e. The van der Waals surface area contributed by atoms with E-state index in [1.165, 1.54) is 0 Å². The van der Waals surface area contributed by atoms with Crippen molar-refractivity contribution in [2.75, 3.05) is 33.5 Å². The molecule has 0 aliphatic rings. The topological polar surface area (TPSA) is 51.5 Å². The van der Waals surface area contributed by atoms with Crippen LogP contribution in [0.2, 0.25) is 5.02 Å². The second kappa shape index (κ2) is 8.76. The van der Waals surface area contributed by atoms with E-state index in [-0.39, 0.29) is 0 Å². The van der Waals surface area contributed by atoms with E-state index in [4.69, 9.17) is 31.1 Å². The summed E-state index contributed by atoms with van der Waals surface area (Å²) < 4.78 is 15.7. The highest BCUT2D eigenvalue weighted by Crippen LogP contribution is 2.22. The van der Waals surface area contributed by atoms with E-state index in [0.29, 0.717) is 42.8 Å². The molecule has 0 saturated carbocycles. The van der Waals surface area contributed by atoms with E-state index in [1.54, 1.807) is 25.3 Å². The monoisotopic (exact) mass is 269 g/mol. The van der Waals surface area contributed by atoms with Crippen molar-refractivity contribution in [3.05, 3.63) is 28.8 Å². The summed E-state index contributed by atoms with van der Waals surface area (Å²) in [7, 11) is 1.66. The minimum Gasteiger partial charge on any atom is -0.490 e. The van der Waals surface area contributed by atoms with Crippen LogP contribution in [0.15, 0.2) is 18.2 Å². The molecule has 0 aliphatic carbocycles. The van der Waals surface area contributed by atoms with E-state index in [1.807, 2.05) is 0 Å². The van der Waals surface area contributed by atoms with Gasteiger partial charge in [-0.15, -0.1) is 0 Å². The van der Waals surface area contributed by atoms with Crippen molar-refractivity contribution in [1.29, 1.82) is 5.26 Å². The molecule has 5 heteroatoms. The van der Waals surface area contributed by atoms with Crippen molar-refractivity contribution >= 4 is 11.6 Å². The van der Waals surface area contributed by atoms with E-state index in [0.717, 1.165) is 6.42 Å². The fourth-order valence-corrected chi connectivity index (χ4v) is 1.49. The maximum atomic E-state index is 8.89. The first-order valence-electron chi connectivity index (χ1n) is 5.67. The third kappa shape index (κ3) is 5.37. The fraction of sp³-hybridized carbons (Fsp3) is 0.462. The van der Waals surface area contributed by atoms with Gasteiger partial charge in [-0.3, -0.25) is 0 Å². The minimum atomic E-state index is 0.391. The Morgan fingerprint density at radius 2 is 2.06 bits per heavy atom. The number of rotatable bonds is 8. The molecule has 1 aromatic rings. The first-order chi connectivity index (χ1) is 8.77. The molecule has 0 heterocycles. The molecule has 0 unspecified atom stereocenters. The van der Waals surface area contributed by atoms with Crippen LogP contribution in [0.3, 0.4) is 0 Å². The number of ether oxygens (including phenoxy) is 3. The summed E-state index contributed by atoms with van der Waals surface area (Å²) in [5.41, 5.74) is 0.471. The van der Waals surface area contributed by atoms with Crippen LogP contribution in [0.25, 0.3) is 0 Å². The van der Waals surface area contributed by atoms with Gasteiger partial charge in [-0.2, -0.15) is 5.26 Å². The van der Waals surface area contributed by atoms with Gasteiger partial charge in [-0.1, -0.05) is 11.6 Å². The van der Waals surface area contributed by atoms with Crippen molar-refractivity contribution < 1.29 is 14.2 Å². The van der Waals surface area contributed by atoms with Crippen molar-refractivity contribution in [3.8, 4) is 11.8 Å². The quantitative estimate of drug-likeness (QED) is 0.681. The van der Waals surface area contributed by atoms with Crippen molar-refractivity contribution in [2.24, 2.45) is 0 Å². The third-order valence-electron chi connectivity index (χ3n) is 2.19. The van der Waals surface area contributed by atoms with Gasteiger partial charge in [0.05, 0.1) is 12.2 Å². The van der Waals surface area contributed by atoms with Gasteiger partial charge in [0.15, 0.2) is 0 Å². The zero-order valence-electron chi connectivity index (χ0n) is 10.3. The van der Waals surface area contributed by atoms with Crippen LogP contribution in [0.4, 0.5) is 0 Å². The number of halogens is 1. The van der Waals surface area contributed by atoms with Crippen molar-refractivity contribution in [1.82, 2.24) is 0 Å². The van der Waals surface area contributed by atoms with Crippen molar-refractivity contribution in [2.45, 2.75) is 6.42 Å². The summed E-state index contributed by atoms with van der Waals surface area (Å²) in [6, 6.07) is 6.98. The van der Waals surface area contributed by atoms with Crippen LogP contribution < -0.4 is 4.74 Å². The Labute approximate surface area is 112 Å². The Balaban J connectivity index is 2.27. The van der Waals surface area contributed by atoms with Gasteiger partial charge in [0, 0.05) is 31.4 Å². The molecule has 0 radical (unpaired) electrons. The number of methoxy groups -OCH3 is 1. The summed E-state index contributed by atoms with van der Waals surface area (Å²) in [6.45, 7) is 2.19. The van der Waals surface area contributed by atoms with E-state index >= 15 is 0 Å². The number of nitriles is 1. The van der Waals surface area contributed by atoms with E-state index in [9.17, 15) is 0 Å². The number of benzene rings is 1. The second-order valence-corrected chi connectivity index (χ2v) is 4.00. The third-order valence-corrected chi connectivity index (χ3v) is 2.42. The highest BCUT2D eigenvalue weighted by atomic mass is 35.5. The Hall–Kier alpha value is -1.28. The Bertz CT molecular complexity index is 404. The molecule has 0 amide bonds. The normalized spacial score (nSPS) is 10.1. The van der Waals surface area contributed by atoms with E-state index in [2.05, 4.69) is 6.07 Å². The zero-order chi connectivity index (χ0) is 13.2. The fourth-order valence-electron chi connectivity index (χ4n) is 1.33. The number of hydrogen-bond donors (Lipinski definition) is 0. The highest BCUT2D eigenvalue weighted by molar-refractivity contribution is 6.30. The molecular formula is C13H16ClNO3. The summed E-state index contributed by atoms with van der Waals surface area (Å²) in [5.74, 6) is 0.491. The molecule has 98 valence electrons. The van der Waals surface area contributed by atoms with Gasteiger partial charge in [0.25, 0.3) is 0 Å². The molecule has 0 fully saturated rings. The number of hydrogen-bond acceptors (Lipinski definition) is 4. The summed E-state index contributed by atoms with van der Waals surface area (Å²) in [6.07, 6.45) is 0.858. The molecule has 1 aromatic carbocycles. The smallest absolute Gasteiger partial charge is 0.138 e. The minimum absolute atomic E-state index is 0.391. The number of nitrogens with zero attached hydrogens (tertiary/aromatic N) is 1. The molecule has 0 atom stereocenters. The Kier molecular flexibility index (Phi) is 7.19. The van der Waals surface area contributed by atoms with Crippen LogP contribution in [0, 0.1) is 11.3 Å². The molecule has 0 aliphatic heterocycles. The lowest BCUT2D eigenvalue weighted by Crippen LogP contribution is -2.09. The van der Waals surface area contributed by atoms with Gasteiger partial charge in [0.1, 0.15) is 18.4 Å². The predicted octanol–water partition coefficient (Wildman–Crippen LogP) is 2.64.